The summed E-state index contributed by atoms with van der Waals surface area (Å²) in [6.45, 7) is 0. The second kappa shape index (κ2) is 35.2. The first kappa shape index (κ1) is 95.5. The van der Waals surface area contributed by atoms with E-state index in [1.807, 2.05) is 0 Å². The lowest BCUT2D eigenvalue weighted by Crippen LogP contribution is -2.16. The first-order valence-corrected chi connectivity index (χ1v) is 42.7. The van der Waals surface area contributed by atoms with E-state index in [1.54, 1.807) is 60.7 Å². The Labute approximate surface area is 668 Å². The minimum absolute atomic E-state index is 0.0101. The first-order valence-electron chi connectivity index (χ1n) is 31.5. The molecule has 0 fully saturated rings. The van der Waals surface area contributed by atoms with Gasteiger partial charge in [-0.2, -0.15) is 139 Å². The van der Waals surface area contributed by atoms with Gasteiger partial charge in [-0.1, -0.05) is 36.4 Å². The summed E-state index contributed by atoms with van der Waals surface area (Å²) in [6, 6.07) is 34.7. The highest BCUT2D eigenvalue weighted by atomic mass is 32.2. The first-order chi connectivity index (χ1) is 54.7. The highest BCUT2D eigenvalue weighted by Gasteiger charge is 2.44. The fraction of sp³-hybridized carbons (Fsp3) is 0.143. The Morgan fingerprint density at radius 1 is 0.217 bits per heavy atom. The topological polar surface area (TPSA) is 288 Å². The normalized spacial score (nSPS) is 13.2. The molecule has 10 aromatic rings. The predicted molar refractivity (Wildman–Crippen MR) is 369 cm³/mol. The maximum Gasteiger partial charge on any atom is 0.416 e. The van der Waals surface area contributed by atoms with Crippen LogP contribution in [0.4, 0.5) is 105 Å². The van der Waals surface area contributed by atoms with Gasteiger partial charge in [0.05, 0.1) is 98.0 Å². The molecule has 50 heteroatoms. The second-order valence-electron chi connectivity index (χ2n) is 23.8. The molecule has 0 saturated heterocycles. The van der Waals surface area contributed by atoms with Gasteiger partial charge in [-0.05, 0) is 194 Å². The molecule has 10 aromatic carbocycles. The number of benzene rings is 10. The van der Waals surface area contributed by atoms with E-state index in [1.165, 1.54) is 48.5 Å². The van der Waals surface area contributed by atoms with Crippen molar-refractivity contribution >= 4 is 82.5 Å². The zero-order chi connectivity index (χ0) is 90.0. The van der Waals surface area contributed by atoms with Crippen molar-refractivity contribution in [2.45, 2.75) is 98.4 Å². The lowest BCUT2D eigenvalue weighted by Gasteiger charge is -2.15. The average molecular weight is 1880 g/mol. The van der Waals surface area contributed by atoms with Crippen molar-refractivity contribution < 1.29 is 182 Å². The van der Waals surface area contributed by atoms with Gasteiger partial charge in [0, 0.05) is 0 Å². The third-order valence-electron chi connectivity index (χ3n) is 15.0. The van der Waals surface area contributed by atoms with E-state index in [2.05, 4.69) is 0 Å². The molecule has 0 aliphatic carbocycles. The summed E-state index contributed by atoms with van der Waals surface area (Å²) in [5, 5.41) is 0. The molecule has 0 aliphatic heterocycles. The van der Waals surface area contributed by atoms with E-state index < -0.39 is 231 Å². The molecule has 120 heavy (non-hydrogen) atoms. The number of rotatable bonds is 21. The summed E-state index contributed by atoms with van der Waals surface area (Å²) in [4.78, 5) is -2.78. The van der Waals surface area contributed by atoms with E-state index >= 15 is 0 Å². The molecule has 0 bridgehead atoms. The van der Waals surface area contributed by atoms with Gasteiger partial charge in [-0.3, -0.25) is 0 Å². The Kier molecular flexibility index (Phi) is 28.1. The average Bonchev–Trinajstić information content (AvgIpc) is 0.775. The molecule has 0 radical (unpaired) electrons. The van der Waals surface area contributed by atoms with E-state index in [9.17, 15) is 165 Å². The number of halogens is 24. The van der Waals surface area contributed by atoms with Gasteiger partial charge in [-0.15, -0.1) is 0 Å². The lowest BCUT2D eigenvalue weighted by atomic mass is 10.1. The molecular formula is C70H42F24O18S8. The highest BCUT2D eigenvalue weighted by molar-refractivity contribution is 7.97. The van der Waals surface area contributed by atoms with Gasteiger partial charge in [0.2, 0.25) is 0 Å². The molecule has 0 N–H and O–H groups in total. The summed E-state index contributed by atoms with van der Waals surface area (Å²) in [5.74, 6) is -4.29. The van der Waals surface area contributed by atoms with Gasteiger partial charge < -0.3 is 25.8 Å². The van der Waals surface area contributed by atoms with E-state index in [4.69, 9.17) is 16.7 Å². The number of alkyl halides is 24. The number of hydrogen-bond donors (Lipinski definition) is 0. The van der Waals surface area contributed by atoms with Crippen LogP contribution in [0, 0.1) is 0 Å². The van der Waals surface area contributed by atoms with Crippen LogP contribution in [0.1, 0.15) is 44.5 Å². The van der Waals surface area contributed by atoms with Gasteiger partial charge >= 0.3 is 89.9 Å². The smallest absolute Gasteiger partial charge is 0.416 e. The maximum atomic E-state index is 13.3. The predicted octanol–water partition coefficient (Wildman–Crippen LogP) is 18.9. The molecular weight excluding hydrogens is 1840 g/mol. The quantitative estimate of drug-likeness (QED) is 0.0279. The fourth-order valence-corrected chi connectivity index (χ4v) is 19.4. The molecule has 646 valence electrons. The van der Waals surface area contributed by atoms with Crippen molar-refractivity contribution in [1.82, 2.24) is 0 Å². The van der Waals surface area contributed by atoms with Crippen LogP contribution in [0.15, 0.2) is 279 Å². The molecule has 0 aromatic heterocycles. The molecule has 0 heterocycles. The third kappa shape index (κ3) is 26.3. The molecule has 0 atom stereocenters. The minimum Gasteiger partial charge on any atom is -0.748 e. The molecule has 0 unspecified atom stereocenters. The SMILES string of the molecule is O=S(=O)(Oc1ccc([S+](c2ccccc2)c2ccc(OS(=O)(=O)c3cc(C(F)(F)F)cc(C(F)(F)F)c3)cc2)cc1)c1cc(C(F)(F)F)cc(C(F)(F)F)c1.O=S(=O)(Oc1ccc([S+](c2ccccc2)c2ccc(OS(=O)(=O)c3cc(C(F)(F)F)cc(C(F)(F)F)c3)cc2)cc1)c1cc(C(F)(F)F)cc(C(F)(F)F)c1.O=S(=O)([O-])CCS(=O)(=O)[O-]. The van der Waals surface area contributed by atoms with Crippen LogP contribution >= 0.6 is 0 Å². The van der Waals surface area contributed by atoms with Crippen LogP contribution in [-0.2, 0) is 132 Å². The molecule has 0 amide bonds. The Hall–Kier alpha value is -9.96. The molecule has 0 aliphatic rings. The molecule has 0 saturated carbocycles. The fourth-order valence-electron chi connectivity index (χ4n) is 9.64. The Balaban J connectivity index is 0.000000268. The summed E-state index contributed by atoms with van der Waals surface area (Å²) < 4.78 is 500. The maximum absolute atomic E-state index is 13.3. The van der Waals surface area contributed by atoms with Crippen molar-refractivity contribution in [3.63, 3.8) is 0 Å². The Morgan fingerprint density at radius 2 is 0.358 bits per heavy atom. The van der Waals surface area contributed by atoms with Crippen LogP contribution in [0.5, 0.6) is 23.0 Å². The second-order valence-corrected chi connectivity index (χ2v) is 37.0. The molecule has 18 nitrogen and oxygen atoms in total. The van der Waals surface area contributed by atoms with Crippen LogP contribution in [-0.4, -0.2) is 71.1 Å². The van der Waals surface area contributed by atoms with Crippen molar-refractivity contribution in [3.05, 3.63) is 275 Å². The van der Waals surface area contributed by atoms with E-state index in [0.29, 0.717) is 29.4 Å². The van der Waals surface area contributed by atoms with Crippen molar-refractivity contribution in [1.29, 1.82) is 0 Å². The highest BCUT2D eigenvalue weighted by Crippen LogP contribution is 2.45. The van der Waals surface area contributed by atoms with Gasteiger partial charge in [0.1, 0.15) is 42.6 Å². The van der Waals surface area contributed by atoms with Crippen LogP contribution in [0.2, 0.25) is 0 Å². The van der Waals surface area contributed by atoms with E-state index in [-0.39, 0.29) is 72.8 Å². The Morgan fingerprint density at radius 3 is 0.492 bits per heavy atom. The molecule has 0 spiro atoms. The monoisotopic (exact) mass is 1880 g/mol. The third-order valence-corrected chi connectivity index (χ3v) is 26.0. The van der Waals surface area contributed by atoms with Crippen molar-refractivity contribution in [2.24, 2.45) is 0 Å². The van der Waals surface area contributed by atoms with Crippen molar-refractivity contribution in [3.8, 4) is 23.0 Å². The van der Waals surface area contributed by atoms with Gasteiger partial charge in [0.25, 0.3) is 0 Å². The summed E-state index contributed by atoms with van der Waals surface area (Å²) in [7, 11) is -32.4. The summed E-state index contributed by atoms with van der Waals surface area (Å²) >= 11 is 0. The summed E-state index contributed by atoms with van der Waals surface area (Å²) in [5.41, 5.74) is -15.1. The Bertz CT molecular complexity index is 5270. The van der Waals surface area contributed by atoms with Crippen LogP contribution in [0.3, 0.4) is 0 Å². The van der Waals surface area contributed by atoms with Crippen LogP contribution < -0.4 is 16.7 Å². The van der Waals surface area contributed by atoms with Gasteiger partial charge in [0.15, 0.2) is 29.4 Å². The largest absolute Gasteiger partial charge is 0.748 e. The zero-order valence-electron chi connectivity index (χ0n) is 58.0. The molecule has 10 rings (SSSR count). The van der Waals surface area contributed by atoms with Crippen molar-refractivity contribution in [2.75, 3.05) is 11.5 Å². The summed E-state index contributed by atoms with van der Waals surface area (Å²) in [6.07, 6.45) is -42.6. The minimum atomic E-state index is -5.33. The van der Waals surface area contributed by atoms with Gasteiger partial charge in [-0.25, -0.2) is 16.8 Å². The lowest BCUT2D eigenvalue weighted by molar-refractivity contribution is -0.145. The van der Waals surface area contributed by atoms with E-state index in [0.717, 1.165) is 48.5 Å². The zero-order valence-corrected chi connectivity index (χ0v) is 64.6. The van der Waals surface area contributed by atoms with Crippen LogP contribution in [0.25, 0.3) is 0 Å². The number of hydrogen-bond acceptors (Lipinski definition) is 18. The standard InChI is InChI=1S/2C34H19F12O6S3.C2H6O6S2/c2*35-31(36,37)20-14-21(32(38,39)40)17-29(16-20)54(47,48)51-24-6-10-27(11-7-24)53(26-4-2-1-3-5-26)28-12-8-25(9-13-28)52-55(49,50)30-18-22(33(41,42)43)15-23(19-30)34(44,45)46;3-9(4,5)1-2-10(6,7)8/h2*1-19H;1-2H2,(H,3,4,5)(H,6,7,8)/q2*+1;/p-2.